The molecular formula is C18H17N3O2S. The maximum absolute atomic E-state index is 12.1. The van der Waals surface area contributed by atoms with Crippen molar-refractivity contribution >= 4 is 28.1 Å². The summed E-state index contributed by atoms with van der Waals surface area (Å²) < 4.78 is 5.11. The minimum absolute atomic E-state index is 0.103. The molecule has 1 heterocycles. The molecule has 0 bridgehead atoms. The lowest BCUT2D eigenvalue weighted by molar-refractivity contribution is -0.115. The lowest BCUT2D eigenvalue weighted by atomic mass is 10.1. The first-order valence-corrected chi connectivity index (χ1v) is 8.26. The second-order valence-electron chi connectivity index (χ2n) is 5.24. The zero-order valence-electron chi connectivity index (χ0n) is 13.2. The van der Waals surface area contributed by atoms with Gasteiger partial charge in [-0.25, -0.2) is 4.98 Å². The molecule has 1 amide bonds. The van der Waals surface area contributed by atoms with Gasteiger partial charge in [-0.05, 0) is 29.8 Å². The second kappa shape index (κ2) is 7.14. The number of rotatable bonds is 5. The predicted molar refractivity (Wildman–Crippen MR) is 97.3 cm³/mol. The highest BCUT2D eigenvalue weighted by Crippen LogP contribution is 2.26. The molecule has 2 aromatic carbocycles. The van der Waals surface area contributed by atoms with E-state index >= 15 is 0 Å². The van der Waals surface area contributed by atoms with Crippen molar-refractivity contribution in [3.63, 3.8) is 0 Å². The van der Waals surface area contributed by atoms with E-state index in [1.54, 1.807) is 7.11 Å². The van der Waals surface area contributed by atoms with Crippen molar-refractivity contribution in [2.75, 3.05) is 18.2 Å². The topological polar surface area (TPSA) is 77.2 Å². The third-order valence-corrected chi connectivity index (χ3v) is 4.21. The molecule has 6 heteroatoms. The molecular weight excluding hydrogens is 322 g/mol. The van der Waals surface area contributed by atoms with Crippen LogP contribution >= 0.6 is 11.3 Å². The van der Waals surface area contributed by atoms with E-state index in [4.69, 9.17) is 10.5 Å². The van der Waals surface area contributed by atoms with Gasteiger partial charge in [-0.15, -0.1) is 11.3 Å². The molecule has 3 N–H and O–H groups in total. The van der Waals surface area contributed by atoms with Gasteiger partial charge in [-0.1, -0.05) is 24.3 Å². The van der Waals surface area contributed by atoms with E-state index in [-0.39, 0.29) is 12.3 Å². The zero-order chi connectivity index (χ0) is 16.9. The van der Waals surface area contributed by atoms with Crippen LogP contribution in [0.2, 0.25) is 0 Å². The highest BCUT2D eigenvalue weighted by Gasteiger charge is 2.09. The number of carbonyl (C=O) groups is 1. The van der Waals surface area contributed by atoms with E-state index in [1.165, 1.54) is 11.3 Å². The van der Waals surface area contributed by atoms with Crippen LogP contribution in [-0.2, 0) is 11.2 Å². The molecule has 0 atom stereocenters. The number of nitrogens with two attached hydrogens (primary N) is 1. The van der Waals surface area contributed by atoms with Gasteiger partial charge in [0, 0.05) is 16.6 Å². The molecule has 0 unspecified atom stereocenters. The predicted octanol–water partition coefficient (Wildman–Crippen LogP) is 3.58. The number of nitrogen functional groups attached to an aromatic ring is 1. The molecule has 0 saturated heterocycles. The van der Waals surface area contributed by atoms with Gasteiger partial charge in [0.2, 0.25) is 5.91 Å². The Balaban J connectivity index is 1.64. The first-order chi connectivity index (χ1) is 11.6. The molecule has 0 saturated carbocycles. The monoisotopic (exact) mass is 339 g/mol. The van der Waals surface area contributed by atoms with Gasteiger partial charge in [0.25, 0.3) is 0 Å². The molecule has 0 aliphatic heterocycles. The quantitative estimate of drug-likeness (QED) is 0.697. The van der Waals surface area contributed by atoms with Crippen molar-refractivity contribution in [3.05, 3.63) is 59.5 Å². The van der Waals surface area contributed by atoms with Crippen LogP contribution in [0, 0.1) is 0 Å². The summed E-state index contributed by atoms with van der Waals surface area (Å²) in [4.78, 5) is 16.6. The van der Waals surface area contributed by atoms with E-state index in [0.717, 1.165) is 22.6 Å². The van der Waals surface area contributed by atoms with Crippen LogP contribution < -0.4 is 15.8 Å². The zero-order valence-corrected chi connectivity index (χ0v) is 14.0. The SMILES string of the molecule is COc1ccc(CC(=O)Nc2nc(-c3cccc(N)c3)cs2)cc1. The Bertz CT molecular complexity index is 843. The summed E-state index contributed by atoms with van der Waals surface area (Å²) in [6, 6.07) is 14.9. The van der Waals surface area contributed by atoms with Gasteiger partial charge in [-0.3, -0.25) is 4.79 Å². The molecule has 5 nitrogen and oxygen atoms in total. The number of aromatic nitrogens is 1. The summed E-state index contributed by atoms with van der Waals surface area (Å²) in [7, 11) is 1.61. The molecule has 3 rings (SSSR count). The minimum atomic E-state index is -0.103. The fraction of sp³-hybridized carbons (Fsp3) is 0.111. The fourth-order valence-corrected chi connectivity index (χ4v) is 2.99. The van der Waals surface area contributed by atoms with Gasteiger partial charge in [-0.2, -0.15) is 0 Å². The van der Waals surface area contributed by atoms with Crippen molar-refractivity contribution in [1.82, 2.24) is 4.98 Å². The summed E-state index contributed by atoms with van der Waals surface area (Å²) in [5.41, 5.74) is 9.12. The Hall–Kier alpha value is -2.86. The van der Waals surface area contributed by atoms with Crippen molar-refractivity contribution in [1.29, 1.82) is 0 Å². The number of amides is 1. The standard InChI is InChI=1S/C18H17N3O2S/c1-23-15-7-5-12(6-8-15)9-17(22)21-18-20-16(11-24-18)13-3-2-4-14(19)10-13/h2-8,10-11H,9,19H2,1H3,(H,20,21,22). The third kappa shape index (κ3) is 3.91. The molecule has 0 fully saturated rings. The third-order valence-electron chi connectivity index (χ3n) is 3.46. The van der Waals surface area contributed by atoms with E-state index in [2.05, 4.69) is 10.3 Å². The summed E-state index contributed by atoms with van der Waals surface area (Å²) in [6.45, 7) is 0. The summed E-state index contributed by atoms with van der Waals surface area (Å²) in [5.74, 6) is 0.666. The Morgan fingerprint density at radius 2 is 2.04 bits per heavy atom. The van der Waals surface area contributed by atoms with E-state index < -0.39 is 0 Å². The average molecular weight is 339 g/mol. The molecule has 122 valence electrons. The molecule has 0 aliphatic rings. The number of anilines is 2. The Morgan fingerprint density at radius 3 is 2.75 bits per heavy atom. The van der Waals surface area contributed by atoms with Gasteiger partial charge in [0.1, 0.15) is 5.75 Å². The van der Waals surface area contributed by atoms with Crippen LogP contribution in [0.25, 0.3) is 11.3 Å². The highest BCUT2D eigenvalue weighted by molar-refractivity contribution is 7.14. The number of hydrogen-bond donors (Lipinski definition) is 2. The van der Waals surface area contributed by atoms with E-state index in [1.807, 2.05) is 53.9 Å². The van der Waals surface area contributed by atoms with E-state index in [0.29, 0.717) is 10.8 Å². The minimum Gasteiger partial charge on any atom is -0.497 e. The van der Waals surface area contributed by atoms with Crippen LogP contribution in [0.3, 0.4) is 0 Å². The van der Waals surface area contributed by atoms with Gasteiger partial charge < -0.3 is 15.8 Å². The lowest BCUT2D eigenvalue weighted by Crippen LogP contribution is -2.14. The first-order valence-electron chi connectivity index (χ1n) is 7.38. The summed E-state index contributed by atoms with van der Waals surface area (Å²) in [5, 5.41) is 5.31. The number of hydrogen-bond acceptors (Lipinski definition) is 5. The normalized spacial score (nSPS) is 10.4. The van der Waals surface area contributed by atoms with Crippen LogP contribution in [-0.4, -0.2) is 18.0 Å². The Labute approximate surface area is 144 Å². The van der Waals surface area contributed by atoms with Crippen LogP contribution in [0.15, 0.2) is 53.9 Å². The molecule has 0 radical (unpaired) electrons. The molecule has 0 spiro atoms. The molecule has 1 aromatic heterocycles. The number of carbonyl (C=O) groups excluding carboxylic acids is 1. The fourth-order valence-electron chi connectivity index (χ4n) is 2.25. The maximum atomic E-state index is 12.1. The van der Waals surface area contributed by atoms with Gasteiger partial charge in [0.05, 0.1) is 19.2 Å². The van der Waals surface area contributed by atoms with Crippen LogP contribution in [0.1, 0.15) is 5.56 Å². The Kier molecular flexibility index (Phi) is 4.77. The number of methoxy groups -OCH3 is 1. The number of nitrogens with zero attached hydrogens (tertiary/aromatic N) is 1. The van der Waals surface area contributed by atoms with E-state index in [9.17, 15) is 4.79 Å². The molecule has 3 aromatic rings. The number of ether oxygens (including phenoxy) is 1. The molecule has 24 heavy (non-hydrogen) atoms. The highest BCUT2D eigenvalue weighted by atomic mass is 32.1. The first kappa shape index (κ1) is 16.0. The van der Waals surface area contributed by atoms with Crippen LogP contribution in [0.5, 0.6) is 5.75 Å². The van der Waals surface area contributed by atoms with Crippen molar-refractivity contribution in [3.8, 4) is 17.0 Å². The van der Waals surface area contributed by atoms with Gasteiger partial charge in [0.15, 0.2) is 5.13 Å². The summed E-state index contributed by atoms with van der Waals surface area (Å²) >= 11 is 1.39. The number of thiazole rings is 1. The van der Waals surface area contributed by atoms with Crippen molar-refractivity contribution in [2.24, 2.45) is 0 Å². The smallest absolute Gasteiger partial charge is 0.230 e. The van der Waals surface area contributed by atoms with Gasteiger partial charge >= 0.3 is 0 Å². The largest absolute Gasteiger partial charge is 0.497 e. The average Bonchev–Trinajstić information content (AvgIpc) is 3.04. The number of nitrogens with one attached hydrogen (secondary N) is 1. The maximum Gasteiger partial charge on any atom is 0.230 e. The lowest BCUT2D eigenvalue weighted by Gasteiger charge is -2.04. The molecule has 0 aliphatic carbocycles. The summed E-state index contributed by atoms with van der Waals surface area (Å²) in [6.07, 6.45) is 0.289. The van der Waals surface area contributed by atoms with Crippen LogP contribution in [0.4, 0.5) is 10.8 Å². The Morgan fingerprint density at radius 1 is 1.25 bits per heavy atom. The second-order valence-corrected chi connectivity index (χ2v) is 6.09. The number of benzene rings is 2. The van der Waals surface area contributed by atoms with Crippen molar-refractivity contribution < 1.29 is 9.53 Å². The van der Waals surface area contributed by atoms with Crippen molar-refractivity contribution in [2.45, 2.75) is 6.42 Å².